The van der Waals surface area contributed by atoms with Crippen molar-refractivity contribution in [1.29, 1.82) is 0 Å². The predicted molar refractivity (Wildman–Crippen MR) is 62.9 cm³/mol. The molecule has 0 spiro atoms. The smallest absolute Gasteiger partial charge is 0.305 e. The van der Waals surface area contributed by atoms with Crippen molar-refractivity contribution in [2.24, 2.45) is 5.73 Å². The van der Waals surface area contributed by atoms with E-state index in [0.717, 1.165) is 24.9 Å². The second-order valence-electron chi connectivity index (χ2n) is 3.88. The molecule has 0 aromatic carbocycles. The lowest BCUT2D eigenvalue weighted by atomic mass is 10.1. The standard InChI is InChI=1S/C12H20N2O2/c1-3-11(13)10-6-8-14(9-10)7-4-5-12(15)16-2/h6,8-9,11H,3-5,7,13H2,1-2H3. The van der Waals surface area contributed by atoms with E-state index in [1.165, 1.54) is 7.11 Å². The summed E-state index contributed by atoms with van der Waals surface area (Å²) in [4.78, 5) is 10.9. The molecule has 1 atom stereocenters. The van der Waals surface area contributed by atoms with Gasteiger partial charge in [0.25, 0.3) is 0 Å². The number of esters is 1. The van der Waals surface area contributed by atoms with E-state index in [9.17, 15) is 4.79 Å². The van der Waals surface area contributed by atoms with Crippen LogP contribution in [0.4, 0.5) is 0 Å². The topological polar surface area (TPSA) is 57.2 Å². The SMILES string of the molecule is CCC(N)c1ccn(CCCC(=O)OC)c1. The van der Waals surface area contributed by atoms with Gasteiger partial charge >= 0.3 is 5.97 Å². The summed E-state index contributed by atoms with van der Waals surface area (Å²) in [6, 6.07) is 2.15. The third kappa shape index (κ3) is 3.70. The summed E-state index contributed by atoms with van der Waals surface area (Å²) in [6.07, 6.45) is 6.24. The first-order chi connectivity index (χ1) is 7.67. The molecule has 1 heterocycles. The summed E-state index contributed by atoms with van der Waals surface area (Å²) in [6.45, 7) is 2.89. The molecule has 0 fully saturated rings. The summed E-state index contributed by atoms with van der Waals surface area (Å²) in [5, 5.41) is 0. The highest BCUT2D eigenvalue weighted by Gasteiger charge is 2.05. The first-order valence-electron chi connectivity index (χ1n) is 5.65. The highest BCUT2D eigenvalue weighted by Crippen LogP contribution is 2.14. The average Bonchev–Trinajstić information content (AvgIpc) is 2.76. The van der Waals surface area contributed by atoms with Gasteiger partial charge in [-0.15, -0.1) is 0 Å². The summed E-state index contributed by atoms with van der Waals surface area (Å²) < 4.78 is 6.64. The Hall–Kier alpha value is -1.29. The van der Waals surface area contributed by atoms with Crippen molar-refractivity contribution in [2.75, 3.05) is 7.11 Å². The van der Waals surface area contributed by atoms with Crippen LogP contribution < -0.4 is 5.73 Å². The molecule has 4 heteroatoms. The largest absolute Gasteiger partial charge is 0.469 e. The van der Waals surface area contributed by atoms with Crippen molar-refractivity contribution in [1.82, 2.24) is 4.57 Å². The van der Waals surface area contributed by atoms with Crippen LogP contribution in [0.1, 0.15) is 37.8 Å². The summed E-state index contributed by atoms with van der Waals surface area (Å²) in [5.41, 5.74) is 7.07. The molecule has 90 valence electrons. The molecule has 0 aliphatic carbocycles. The van der Waals surface area contributed by atoms with Crippen molar-refractivity contribution in [3.63, 3.8) is 0 Å². The molecule has 0 amide bonds. The van der Waals surface area contributed by atoms with Crippen LogP contribution in [-0.2, 0) is 16.1 Å². The molecular formula is C12H20N2O2. The number of hydrogen-bond acceptors (Lipinski definition) is 3. The first-order valence-corrected chi connectivity index (χ1v) is 5.65. The minimum absolute atomic E-state index is 0.113. The van der Waals surface area contributed by atoms with Gasteiger partial charge in [-0.2, -0.15) is 0 Å². The van der Waals surface area contributed by atoms with Gasteiger partial charge in [-0.05, 0) is 24.5 Å². The van der Waals surface area contributed by atoms with E-state index in [1.807, 2.05) is 18.5 Å². The fraction of sp³-hybridized carbons (Fsp3) is 0.583. The quantitative estimate of drug-likeness (QED) is 0.750. The number of nitrogens with two attached hydrogens (primary N) is 1. The minimum atomic E-state index is -0.155. The van der Waals surface area contributed by atoms with E-state index in [-0.39, 0.29) is 12.0 Å². The zero-order valence-electron chi connectivity index (χ0n) is 9.98. The summed E-state index contributed by atoms with van der Waals surface area (Å²) in [5.74, 6) is -0.155. The number of nitrogens with zero attached hydrogens (tertiary/aromatic N) is 1. The third-order valence-electron chi connectivity index (χ3n) is 2.67. The molecule has 0 saturated carbocycles. The average molecular weight is 224 g/mol. The first kappa shape index (κ1) is 12.8. The molecular weight excluding hydrogens is 204 g/mol. The Balaban J connectivity index is 2.37. The molecule has 0 radical (unpaired) electrons. The number of rotatable bonds is 6. The number of hydrogen-bond donors (Lipinski definition) is 1. The Morgan fingerprint density at radius 2 is 2.38 bits per heavy atom. The maximum absolute atomic E-state index is 10.9. The molecule has 2 N–H and O–H groups in total. The molecule has 0 bridgehead atoms. The maximum atomic E-state index is 10.9. The molecule has 0 aliphatic rings. The van der Waals surface area contributed by atoms with Gasteiger partial charge in [0.15, 0.2) is 0 Å². The highest BCUT2D eigenvalue weighted by atomic mass is 16.5. The van der Waals surface area contributed by atoms with Gasteiger partial charge in [0, 0.05) is 31.4 Å². The number of methoxy groups -OCH3 is 1. The van der Waals surface area contributed by atoms with Crippen LogP contribution in [0.3, 0.4) is 0 Å². The lowest BCUT2D eigenvalue weighted by molar-refractivity contribution is -0.140. The van der Waals surface area contributed by atoms with Crippen LogP contribution >= 0.6 is 0 Å². The van der Waals surface area contributed by atoms with Crippen molar-refractivity contribution in [3.05, 3.63) is 24.0 Å². The van der Waals surface area contributed by atoms with Gasteiger partial charge in [0.2, 0.25) is 0 Å². The van der Waals surface area contributed by atoms with E-state index < -0.39 is 0 Å². The minimum Gasteiger partial charge on any atom is -0.469 e. The maximum Gasteiger partial charge on any atom is 0.305 e. The molecule has 1 aromatic heterocycles. The molecule has 0 aliphatic heterocycles. The van der Waals surface area contributed by atoms with Crippen LogP contribution in [0.25, 0.3) is 0 Å². The van der Waals surface area contributed by atoms with Gasteiger partial charge in [-0.25, -0.2) is 0 Å². The molecule has 4 nitrogen and oxygen atoms in total. The van der Waals surface area contributed by atoms with Crippen molar-refractivity contribution in [2.45, 2.75) is 38.8 Å². The Labute approximate surface area is 96.4 Å². The molecule has 1 aromatic rings. The Morgan fingerprint density at radius 3 is 3.00 bits per heavy atom. The number of ether oxygens (including phenoxy) is 1. The third-order valence-corrected chi connectivity index (χ3v) is 2.67. The van der Waals surface area contributed by atoms with Crippen LogP contribution in [0, 0.1) is 0 Å². The van der Waals surface area contributed by atoms with Crippen molar-refractivity contribution < 1.29 is 9.53 Å². The van der Waals surface area contributed by atoms with Crippen molar-refractivity contribution in [3.8, 4) is 0 Å². The Bertz CT molecular complexity index is 334. The zero-order valence-corrected chi connectivity index (χ0v) is 9.98. The fourth-order valence-corrected chi connectivity index (χ4v) is 1.56. The number of aryl methyl sites for hydroxylation is 1. The van der Waals surface area contributed by atoms with Crippen LogP contribution in [-0.4, -0.2) is 17.6 Å². The van der Waals surface area contributed by atoms with Gasteiger partial charge < -0.3 is 15.0 Å². The van der Waals surface area contributed by atoms with Gasteiger partial charge in [-0.1, -0.05) is 6.92 Å². The summed E-state index contributed by atoms with van der Waals surface area (Å²) >= 11 is 0. The zero-order chi connectivity index (χ0) is 12.0. The fourth-order valence-electron chi connectivity index (χ4n) is 1.56. The van der Waals surface area contributed by atoms with Crippen LogP contribution in [0.15, 0.2) is 18.5 Å². The molecule has 0 saturated heterocycles. The monoisotopic (exact) mass is 224 g/mol. The van der Waals surface area contributed by atoms with E-state index in [2.05, 4.69) is 16.2 Å². The second-order valence-corrected chi connectivity index (χ2v) is 3.88. The van der Waals surface area contributed by atoms with E-state index >= 15 is 0 Å². The second kappa shape index (κ2) is 6.33. The molecule has 1 unspecified atom stereocenters. The Kier molecular flexibility index (Phi) is 5.05. The van der Waals surface area contributed by atoms with E-state index in [1.54, 1.807) is 0 Å². The van der Waals surface area contributed by atoms with E-state index in [4.69, 9.17) is 5.73 Å². The Morgan fingerprint density at radius 1 is 1.62 bits per heavy atom. The normalized spacial score (nSPS) is 12.4. The highest BCUT2D eigenvalue weighted by molar-refractivity contribution is 5.68. The lowest BCUT2D eigenvalue weighted by Gasteiger charge is -2.05. The van der Waals surface area contributed by atoms with Gasteiger partial charge in [-0.3, -0.25) is 4.79 Å². The van der Waals surface area contributed by atoms with E-state index in [0.29, 0.717) is 6.42 Å². The number of carbonyl (C=O) groups excluding carboxylic acids is 1. The lowest BCUT2D eigenvalue weighted by Crippen LogP contribution is -2.07. The number of carbonyl (C=O) groups is 1. The summed E-state index contributed by atoms with van der Waals surface area (Å²) in [7, 11) is 1.41. The predicted octanol–water partition coefficient (Wildman–Crippen LogP) is 1.85. The molecule has 1 rings (SSSR count). The van der Waals surface area contributed by atoms with Gasteiger partial charge in [0.05, 0.1) is 7.11 Å². The van der Waals surface area contributed by atoms with Crippen molar-refractivity contribution >= 4 is 5.97 Å². The number of aromatic nitrogens is 1. The van der Waals surface area contributed by atoms with Gasteiger partial charge in [0.1, 0.15) is 0 Å². The molecule has 16 heavy (non-hydrogen) atoms. The van der Waals surface area contributed by atoms with Crippen LogP contribution in [0.5, 0.6) is 0 Å². The van der Waals surface area contributed by atoms with Crippen LogP contribution in [0.2, 0.25) is 0 Å².